The maximum atomic E-state index is 13.4. The van der Waals surface area contributed by atoms with Gasteiger partial charge in [0, 0.05) is 5.69 Å². The summed E-state index contributed by atoms with van der Waals surface area (Å²) in [6.45, 7) is -0.620. The van der Waals surface area contributed by atoms with Gasteiger partial charge >= 0.3 is 0 Å². The second kappa shape index (κ2) is 8.53. The Kier molecular flexibility index (Phi) is 6.16. The van der Waals surface area contributed by atoms with Crippen LogP contribution < -0.4 is 16.0 Å². The third kappa shape index (κ3) is 4.98. The SMILES string of the molecule is N#Cc1ccc(NCC(=O)NCC(=O)Nc2ccc(F)c(F)c2F)cc1. The molecule has 0 aromatic heterocycles. The first kappa shape index (κ1) is 18.8. The summed E-state index contributed by atoms with van der Waals surface area (Å²) in [4.78, 5) is 23.3. The lowest BCUT2D eigenvalue weighted by atomic mass is 10.2. The molecule has 0 aliphatic carbocycles. The molecule has 2 rings (SSSR count). The first-order chi connectivity index (χ1) is 12.4. The maximum absolute atomic E-state index is 13.4. The van der Waals surface area contributed by atoms with E-state index in [0.717, 1.165) is 6.07 Å². The lowest BCUT2D eigenvalue weighted by molar-refractivity contribution is -0.122. The van der Waals surface area contributed by atoms with Gasteiger partial charge in [0.1, 0.15) is 0 Å². The Balaban J connectivity index is 1.79. The summed E-state index contributed by atoms with van der Waals surface area (Å²) in [7, 11) is 0. The molecule has 0 radical (unpaired) electrons. The smallest absolute Gasteiger partial charge is 0.243 e. The van der Waals surface area contributed by atoms with Crippen LogP contribution in [0.25, 0.3) is 0 Å². The van der Waals surface area contributed by atoms with Crippen molar-refractivity contribution in [2.24, 2.45) is 0 Å². The molecule has 2 amide bonds. The Labute approximate surface area is 146 Å². The number of nitrogens with one attached hydrogen (secondary N) is 3. The molecule has 0 unspecified atom stereocenters. The zero-order valence-electron chi connectivity index (χ0n) is 13.3. The zero-order chi connectivity index (χ0) is 19.1. The first-order valence-corrected chi connectivity index (χ1v) is 7.35. The molecular formula is C17H13F3N4O2. The number of anilines is 2. The van der Waals surface area contributed by atoms with Crippen LogP contribution in [0.3, 0.4) is 0 Å². The monoisotopic (exact) mass is 362 g/mol. The van der Waals surface area contributed by atoms with Gasteiger partial charge in [0.2, 0.25) is 11.8 Å². The topological polar surface area (TPSA) is 94.0 Å². The summed E-state index contributed by atoms with van der Waals surface area (Å²) in [5, 5.41) is 15.8. The van der Waals surface area contributed by atoms with Crippen LogP contribution in [0.2, 0.25) is 0 Å². The summed E-state index contributed by atoms with van der Waals surface area (Å²) in [5.41, 5.74) is 0.549. The van der Waals surface area contributed by atoms with Gasteiger partial charge in [0.05, 0.1) is 30.4 Å². The standard InChI is InChI=1S/C17H13F3N4O2/c18-12-5-6-13(17(20)16(12)19)24-15(26)9-23-14(25)8-22-11-3-1-10(7-21)2-4-11/h1-6,22H,8-9H2,(H,23,25)(H,24,26). The molecule has 0 bridgehead atoms. The Morgan fingerprint density at radius 2 is 1.62 bits per heavy atom. The third-order valence-electron chi connectivity index (χ3n) is 3.22. The number of benzene rings is 2. The number of nitriles is 1. The average molecular weight is 362 g/mol. The van der Waals surface area contributed by atoms with E-state index in [-0.39, 0.29) is 6.54 Å². The summed E-state index contributed by atoms with van der Waals surface area (Å²) in [6, 6.07) is 9.89. The van der Waals surface area contributed by atoms with Crippen molar-refractivity contribution in [3.63, 3.8) is 0 Å². The highest BCUT2D eigenvalue weighted by Crippen LogP contribution is 2.19. The van der Waals surface area contributed by atoms with E-state index < -0.39 is 41.5 Å². The molecule has 0 spiro atoms. The van der Waals surface area contributed by atoms with Crippen molar-refractivity contribution in [1.29, 1.82) is 5.26 Å². The predicted molar refractivity (Wildman–Crippen MR) is 87.6 cm³/mol. The van der Waals surface area contributed by atoms with Crippen molar-refractivity contribution < 1.29 is 22.8 Å². The highest BCUT2D eigenvalue weighted by atomic mass is 19.2. The van der Waals surface area contributed by atoms with Gasteiger partial charge < -0.3 is 16.0 Å². The van der Waals surface area contributed by atoms with Gasteiger partial charge in [0.25, 0.3) is 0 Å². The summed E-state index contributed by atoms with van der Waals surface area (Å²) in [5.74, 6) is -5.91. The Morgan fingerprint density at radius 1 is 0.923 bits per heavy atom. The maximum Gasteiger partial charge on any atom is 0.243 e. The molecule has 0 saturated carbocycles. The van der Waals surface area contributed by atoms with E-state index in [0.29, 0.717) is 17.3 Å². The first-order valence-electron chi connectivity index (χ1n) is 7.35. The number of amides is 2. The minimum absolute atomic E-state index is 0.140. The van der Waals surface area contributed by atoms with Crippen LogP contribution in [0.5, 0.6) is 0 Å². The van der Waals surface area contributed by atoms with Crippen LogP contribution in [0.15, 0.2) is 36.4 Å². The van der Waals surface area contributed by atoms with Crippen molar-refractivity contribution in [3.8, 4) is 6.07 Å². The molecule has 0 aliphatic heterocycles. The van der Waals surface area contributed by atoms with Gasteiger partial charge in [-0.15, -0.1) is 0 Å². The number of halogens is 3. The lowest BCUT2D eigenvalue weighted by Crippen LogP contribution is -2.36. The highest BCUT2D eigenvalue weighted by Gasteiger charge is 2.15. The second-order valence-corrected chi connectivity index (χ2v) is 5.09. The summed E-state index contributed by atoms with van der Waals surface area (Å²) >= 11 is 0. The summed E-state index contributed by atoms with van der Waals surface area (Å²) < 4.78 is 39.3. The fourth-order valence-corrected chi connectivity index (χ4v) is 1.90. The van der Waals surface area contributed by atoms with Gasteiger partial charge in [-0.2, -0.15) is 5.26 Å². The van der Waals surface area contributed by atoms with Crippen LogP contribution in [0, 0.1) is 28.8 Å². The minimum Gasteiger partial charge on any atom is -0.376 e. The van der Waals surface area contributed by atoms with Gasteiger partial charge in [-0.25, -0.2) is 13.2 Å². The van der Waals surface area contributed by atoms with Crippen LogP contribution in [0.1, 0.15) is 5.56 Å². The third-order valence-corrected chi connectivity index (χ3v) is 3.22. The van der Waals surface area contributed by atoms with E-state index in [1.165, 1.54) is 0 Å². The molecule has 9 heteroatoms. The Hall–Kier alpha value is -3.54. The second-order valence-electron chi connectivity index (χ2n) is 5.09. The van der Waals surface area contributed by atoms with Crippen molar-refractivity contribution in [1.82, 2.24) is 5.32 Å². The number of carbonyl (C=O) groups is 2. The number of rotatable bonds is 6. The zero-order valence-corrected chi connectivity index (χ0v) is 13.3. The Morgan fingerprint density at radius 3 is 2.27 bits per heavy atom. The van der Waals surface area contributed by atoms with E-state index in [4.69, 9.17) is 5.26 Å². The fourth-order valence-electron chi connectivity index (χ4n) is 1.90. The van der Waals surface area contributed by atoms with Crippen LogP contribution in [-0.4, -0.2) is 24.9 Å². The summed E-state index contributed by atoms with van der Waals surface area (Å²) in [6.07, 6.45) is 0. The van der Waals surface area contributed by atoms with Gasteiger partial charge in [-0.3, -0.25) is 9.59 Å². The van der Waals surface area contributed by atoms with E-state index in [9.17, 15) is 22.8 Å². The highest BCUT2D eigenvalue weighted by molar-refractivity contribution is 5.95. The number of hydrogen-bond acceptors (Lipinski definition) is 4. The molecule has 0 atom stereocenters. The van der Waals surface area contributed by atoms with E-state index in [2.05, 4.69) is 10.6 Å². The molecule has 0 aliphatic rings. The van der Waals surface area contributed by atoms with Gasteiger partial charge in [-0.05, 0) is 36.4 Å². The minimum atomic E-state index is -1.70. The van der Waals surface area contributed by atoms with Crippen LogP contribution in [-0.2, 0) is 9.59 Å². The largest absolute Gasteiger partial charge is 0.376 e. The Bertz CT molecular complexity index is 864. The average Bonchev–Trinajstić information content (AvgIpc) is 2.65. The quantitative estimate of drug-likeness (QED) is 0.687. The van der Waals surface area contributed by atoms with Crippen molar-refractivity contribution in [3.05, 3.63) is 59.4 Å². The van der Waals surface area contributed by atoms with E-state index >= 15 is 0 Å². The van der Waals surface area contributed by atoms with Crippen LogP contribution in [0.4, 0.5) is 24.5 Å². The molecule has 2 aromatic rings. The van der Waals surface area contributed by atoms with Crippen molar-refractivity contribution in [2.45, 2.75) is 0 Å². The number of hydrogen-bond donors (Lipinski definition) is 3. The predicted octanol–water partition coefficient (Wildman–Crippen LogP) is 2.14. The van der Waals surface area contributed by atoms with E-state index in [1.807, 2.05) is 11.4 Å². The number of nitrogens with zero attached hydrogens (tertiary/aromatic N) is 1. The molecule has 134 valence electrons. The molecule has 26 heavy (non-hydrogen) atoms. The molecular weight excluding hydrogens is 349 g/mol. The molecule has 0 fully saturated rings. The lowest BCUT2D eigenvalue weighted by Gasteiger charge is -2.09. The fraction of sp³-hybridized carbons (Fsp3) is 0.118. The van der Waals surface area contributed by atoms with Crippen LogP contribution >= 0.6 is 0 Å². The normalized spacial score (nSPS) is 9.92. The van der Waals surface area contributed by atoms with Crippen molar-refractivity contribution >= 4 is 23.2 Å². The molecule has 6 nitrogen and oxygen atoms in total. The van der Waals surface area contributed by atoms with Gasteiger partial charge in [0.15, 0.2) is 17.5 Å². The molecule has 0 heterocycles. The van der Waals surface area contributed by atoms with Crippen molar-refractivity contribution in [2.75, 3.05) is 23.7 Å². The molecule has 2 aromatic carbocycles. The van der Waals surface area contributed by atoms with Gasteiger partial charge in [-0.1, -0.05) is 0 Å². The molecule has 3 N–H and O–H groups in total. The molecule has 0 saturated heterocycles. The number of carbonyl (C=O) groups excluding carboxylic acids is 2. The van der Waals surface area contributed by atoms with E-state index in [1.54, 1.807) is 24.3 Å².